The third kappa shape index (κ3) is 12.0. The Labute approximate surface area is 144 Å². The summed E-state index contributed by atoms with van der Waals surface area (Å²) in [4.78, 5) is 20.6. The summed E-state index contributed by atoms with van der Waals surface area (Å²) in [5, 5.41) is 7.56. The normalized spacial score (nSPS) is 12.3. The number of hydrogen-bond donors (Lipinski definition) is 4. The second-order valence-corrected chi connectivity index (χ2v) is 5.60. The van der Waals surface area contributed by atoms with Gasteiger partial charge in [-0.1, -0.05) is 24.6 Å². The molecule has 0 fully saturated rings. The monoisotopic (exact) mass is 338 g/mol. The van der Waals surface area contributed by atoms with Crippen LogP contribution >= 0.6 is 0 Å². The van der Waals surface area contributed by atoms with Gasteiger partial charge in [0.05, 0.1) is 5.71 Å². The zero-order valence-corrected chi connectivity index (χ0v) is 15.7. The third-order valence-electron chi connectivity index (χ3n) is 3.33. The minimum atomic E-state index is -0.650. The van der Waals surface area contributed by atoms with Crippen molar-refractivity contribution in [3.05, 3.63) is 23.3 Å². The molecule has 0 aliphatic rings. The van der Waals surface area contributed by atoms with E-state index in [4.69, 9.17) is 11.5 Å². The lowest BCUT2D eigenvalue weighted by atomic mass is 10.0. The van der Waals surface area contributed by atoms with E-state index in [1.807, 2.05) is 48.5 Å². The van der Waals surface area contributed by atoms with Crippen LogP contribution in [-0.4, -0.2) is 23.5 Å². The summed E-state index contributed by atoms with van der Waals surface area (Å²) in [7, 11) is 0. The maximum atomic E-state index is 10.3. The van der Waals surface area contributed by atoms with E-state index in [1.165, 1.54) is 5.57 Å². The van der Waals surface area contributed by atoms with Crippen molar-refractivity contribution in [2.24, 2.45) is 27.6 Å². The van der Waals surface area contributed by atoms with Crippen LogP contribution in [-0.2, 0) is 0 Å². The number of amides is 4. The second kappa shape index (κ2) is 11.9. The number of hydrogen-bond acceptors (Lipinski definition) is 4. The summed E-state index contributed by atoms with van der Waals surface area (Å²) >= 11 is 0. The van der Waals surface area contributed by atoms with E-state index in [9.17, 15) is 9.59 Å². The van der Waals surface area contributed by atoms with E-state index in [0.29, 0.717) is 0 Å². The standard InChI is InChI=1S/2C8H15N3O/c2*1-5(2)6(3)7(4)10-11-8(9)12/h1-4H3,(H3,9,11,12);6H,1H2,2-4H3,(H3,9,11,12)/b10-7+;. The molecule has 0 aliphatic carbocycles. The molecule has 6 N–H and O–H groups in total. The molecule has 8 nitrogen and oxygen atoms in total. The van der Waals surface area contributed by atoms with Gasteiger partial charge in [-0.3, -0.25) is 0 Å². The molecule has 24 heavy (non-hydrogen) atoms. The fraction of sp³-hybridized carbons (Fsp3) is 0.500. The summed E-state index contributed by atoms with van der Waals surface area (Å²) in [5.74, 6) is 0.164. The SMILES string of the molecule is C=C(C)C(C)C(C)=NNC(N)=O.CC(C)=C(C)/C(C)=N/NC(N)=O. The molecule has 1 atom stereocenters. The van der Waals surface area contributed by atoms with Crippen LogP contribution in [0.4, 0.5) is 9.59 Å². The number of allylic oxidation sites excluding steroid dienone is 3. The molecule has 0 rings (SSSR count). The second-order valence-electron chi connectivity index (χ2n) is 5.60. The number of hydrazone groups is 2. The largest absolute Gasteiger partial charge is 0.350 e. The molecule has 0 heterocycles. The number of nitrogens with two attached hydrogens (primary N) is 2. The van der Waals surface area contributed by atoms with Crippen molar-refractivity contribution < 1.29 is 9.59 Å². The Morgan fingerprint density at radius 2 is 1.33 bits per heavy atom. The zero-order valence-electron chi connectivity index (χ0n) is 15.7. The van der Waals surface area contributed by atoms with Gasteiger partial charge in [-0.2, -0.15) is 10.2 Å². The van der Waals surface area contributed by atoms with Crippen LogP contribution in [0, 0.1) is 5.92 Å². The molecule has 4 amide bonds. The molecule has 0 aromatic carbocycles. The van der Waals surface area contributed by atoms with E-state index >= 15 is 0 Å². The first kappa shape index (κ1) is 23.6. The summed E-state index contributed by atoms with van der Waals surface area (Å²) in [6.45, 7) is 17.2. The van der Waals surface area contributed by atoms with Crippen LogP contribution in [0.1, 0.15) is 48.5 Å². The number of urea groups is 2. The minimum Gasteiger partial charge on any atom is -0.350 e. The van der Waals surface area contributed by atoms with Crippen LogP contribution in [0.25, 0.3) is 0 Å². The van der Waals surface area contributed by atoms with Crippen molar-refractivity contribution >= 4 is 23.5 Å². The van der Waals surface area contributed by atoms with Crippen LogP contribution in [0.5, 0.6) is 0 Å². The van der Waals surface area contributed by atoms with E-state index in [0.717, 1.165) is 22.6 Å². The Morgan fingerprint density at radius 3 is 1.67 bits per heavy atom. The van der Waals surface area contributed by atoms with E-state index in [-0.39, 0.29) is 5.92 Å². The summed E-state index contributed by atoms with van der Waals surface area (Å²) in [6, 6.07) is -1.29. The number of carbonyl (C=O) groups excluding carboxylic acids is 2. The fourth-order valence-corrected chi connectivity index (χ4v) is 1.18. The zero-order chi connectivity index (χ0) is 19.4. The van der Waals surface area contributed by atoms with Crippen LogP contribution in [0.2, 0.25) is 0 Å². The predicted molar refractivity (Wildman–Crippen MR) is 99.7 cm³/mol. The molecule has 8 heteroatoms. The van der Waals surface area contributed by atoms with Crippen LogP contribution in [0.3, 0.4) is 0 Å². The first-order valence-electron chi connectivity index (χ1n) is 7.39. The van der Waals surface area contributed by atoms with Gasteiger partial charge in [0.25, 0.3) is 0 Å². The summed E-state index contributed by atoms with van der Waals surface area (Å²) in [5.41, 5.74) is 18.8. The number of primary amides is 2. The topological polar surface area (TPSA) is 135 Å². The van der Waals surface area contributed by atoms with Crippen molar-refractivity contribution in [1.82, 2.24) is 10.9 Å². The van der Waals surface area contributed by atoms with Gasteiger partial charge < -0.3 is 11.5 Å². The molecule has 0 saturated carbocycles. The molecule has 0 aromatic rings. The van der Waals surface area contributed by atoms with Gasteiger partial charge in [0, 0.05) is 11.6 Å². The summed E-state index contributed by atoms with van der Waals surface area (Å²) < 4.78 is 0. The highest BCUT2D eigenvalue weighted by Gasteiger charge is 2.05. The Balaban J connectivity index is 0. The molecule has 0 aliphatic heterocycles. The highest BCUT2D eigenvalue weighted by Crippen LogP contribution is 2.08. The van der Waals surface area contributed by atoms with Crippen LogP contribution in [0.15, 0.2) is 33.5 Å². The third-order valence-corrected chi connectivity index (χ3v) is 3.33. The molecule has 0 bridgehead atoms. The highest BCUT2D eigenvalue weighted by molar-refractivity contribution is 5.98. The van der Waals surface area contributed by atoms with E-state index in [1.54, 1.807) is 0 Å². The van der Waals surface area contributed by atoms with E-state index < -0.39 is 12.1 Å². The Kier molecular flexibility index (Phi) is 11.7. The molecule has 1 unspecified atom stereocenters. The van der Waals surface area contributed by atoms with Gasteiger partial charge in [-0.05, 0) is 47.1 Å². The van der Waals surface area contributed by atoms with Crippen LogP contribution < -0.4 is 22.3 Å². The van der Waals surface area contributed by atoms with E-state index in [2.05, 4.69) is 27.6 Å². The van der Waals surface area contributed by atoms with Crippen molar-refractivity contribution in [2.45, 2.75) is 48.5 Å². The Morgan fingerprint density at radius 1 is 0.917 bits per heavy atom. The average Bonchev–Trinajstić information content (AvgIpc) is 2.48. The van der Waals surface area contributed by atoms with Gasteiger partial charge in [0.1, 0.15) is 0 Å². The maximum Gasteiger partial charge on any atom is 0.332 e. The first-order valence-corrected chi connectivity index (χ1v) is 7.39. The lowest BCUT2D eigenvalue weighted by Gasteiger charge is -2.09. The Bertz CT molecular complexity index is 557. The quantitative estimate of drug-likeness (QED) is 0.348. The molecule has 0 spiro atoms. The number of carbonyl (C=O) groups is 2. The fourth-order valence-electron chi connectivity index (χ4n) is 1.18. The highest BCUT2D eigenvalue weighted by atomic mass is 16.2. The predicted octanol–water partition coefficient (Wildman–Crippen LogP) is 2.63. The van der Waals surface area contributed by atoms with Gasteiger partial charge in [0.2, 0.25) is 0 Å². The number of rotatable bonds is 5. The first-order chi connectivity index (χ1) is 10.9. The van der Waals surface area contributed by atoms with Gasteiger partial charge in [-0.15, -0.1) is 0 Å². The minimum absolute atomic E-state index is 0.164. The molecule has 0 radical (unpaired) electrons. The molecule has 0 aromatic heterocycles. The maximum absolute atomic E-state index is 10.3. The average molecular weight is 338 g/mol. The molecule has 0 saturated heterocycles. The molecular weight excluding hydrogens is 308 g/mol. The van der Waals surface area contributed by atoms with Crippen molar-refractivity contribution in [3.63, 3.8) is 0 Å². The van der Waals surface area contributed by atoms with Gasteiger partial charge in [-0.25, -0.2) is 20.4 Å². The van der Waals surface area contributed by atoms with Crippen molar-refractivity contribution in [2.75, 3.05) is 0 Å². The van der Waals surface area contributed by atoms with Crippen molar-refractivity contribution in [3.8, 4) is 0 Å². The van der Waals surface area contributed by atoms with Gasteiger partial charge >= 0.3 is 12.1 Å². The molecular formula is C16H30N6O2. The summed E-state index contributed by atoms with van der Waals surface area (Å²) in [6.07, 6.45) is 0. The van der Waals surface area contributed by atoms with Crippen molar-refractivity contribution in [1.29, 1.82) is 0 Å². The lowest BCUT2D eigenvalue weighted by molar-refractivity contribution is 0.248. The number of nitrogens with zero attached hydrogens (tertiary/aromatic N) is 2. The Hall–Kier alpha value is -2.64. The number of nitrogens with one attached hydrogen (secondary N) is 2. The molecule has 136 valence electrons. The smallest absolute Gasteiger partial charge is 0.332 e. The lowest BCUT2D eigenvalue weighted by Crippen LogP contribution is -2.26. The van der Waals surface area contributed by atoms with Gasteiger partial charge in [0.15, 0.2) is 0 Å².